The Hall–Kier alpha value is -2.40. The standard InChI is InChI=1S/C20H24O5/c1-22-17-8-14(9-18(12-17)23-2)5-6-16-11-20-19(24-13-25-20)10-15(16)4-3-7-21/h8-12,21H,3-7,13H2,1-2H3. The molecule has 0 amide bonds. The Morgan fingerprint density at radius 1 is 0.840 bits per heavy atom. The monoisotopic (exact) mass is 344 g/mol. The fraction of sp³-hybridized carbons (Fsp3) is 0.400. The summed E-state index contributed by atoms with van der Waals surface area (Å²) < 4.78 is 21.7. The number of hydrogen-bond donors (Lipinski definition) is 1. The van der Waals surface area contributed by atoms with Crippen LogP contribution in [0.15, 0.2) is 30.3 Å². The molecule has 134 valence electrons. The van der Waals surface area contributed by atoms with Gasteiger partial charge in [-0.25, -0.2) is 0 Å². The average Bonchev–Trinajstić information content (AvgIpc) is 3.11. The third-order valence-electron chi connectivity index (χ3n) is 4.39. The fourth-order valence-electron chi connectivity index (χ4n) is 3.05. The summed E-state index contributed by atoms with van der Waals surface area (Å²) in [5.41, 5.74) is 3.58. The van der Waals surface area contributed by atoms with Crippen LogP contribution in [0.5, 0.6) is 23.0 Å². The van der Waals surface area contributed by atoms with Crippen LogP contribution in [0, 0.1) is 0 Å². The molecule has 0 spiro atoms. The minimum Gasteiger partial charge on any atom is -0.497 e. The Labute approximate surface area is 148 Å². The smallest absolute Gasteiger partial charge is 0.231 e. The molecule has 1 aliphatic heterocycles. The van der Waals surface area contributed by atoms with Gasteiger partial charge in [0.25, 0.3) is 0 Å². The Balaban J connectivity index is 1.80. The Morgan fingerprint density at radius 2 is 1.44 bits per heavy atom. The van der Waals surface area contributed by atoms with E-state index in [1.807, 2.05) is 24.3 Å². The summed E-state index contributed by atoms with van der Waals surface area (Å²) in [7, 11) is 3.31. The van der Waals surface area contributed by atoms with E-state index in [-0.39, 0.29) is 13.4 Å². The van der Waals surface area contributed by atoms with Gasteiger partial charge in [-0.2, -0.15) is 0 Å². The van der Waals surface area contributed by atoms with Crippen molar-refractivity contribution in [1.29, 1.82) is 0 Å². The first kappa shape index (κ1) is 17.4. The molecule has 0 unspecified atom stereocenters. The third-order valence-corrected chi connectivity index (χ3v) is 4.39. The highest BCUT2D eigenvalue weighted by molar-refractivity contribution is 5.49. The van der Waals surface area contributed by atoms with E-state index in [1.54, 1.807) is 14.2 Å². The number of hydrogen-bond acceptors (Lipinski definition) is 5. The van der Waals surface area contributed by atoms with E-state index in [0.29, 0.717) is 0 Å². The molecule has 0 saturated carbocycles. The average molecular weight is 344 g/mol. The van der Waals surface area contributed by atoms with Crippen LogP contribution in [0.3, 0.4) is 0 Å². The zero-order valence-electron chi connectivity index (χ0n) is 14.7. The van der Waals surface area contributed by atoms with Crippen molar-refractivity contribution in [1.82, 2.24) is 0 Å². The lowest BCUT2D eigenvalue weighted by atomic mass is 9.96. The van der Waals surface area contributed by atoms with Gasteiger partial charge >= 0.3 is 0 Å². The number of ether oxygens (including phenoxy) is 4. The molecule has 0 radical (unpaired) electrons. The van der Waals surface area contributed by atoms with Crippen molar-refractivity contribution in [3.8, 4) is 23.0 Å². The second kappa shape index (κ2) is 8.12. The first-order valence-corrected chi connectivity index (χ1v) is 8.47. The molecule has 2 aromatic rings. The molecule has 0 aromatic heterocycles. The number of aliphatic hydroxyl groups excluding tert-OH is 1. The van der Waals surface area contributed by atoms with E-state index in [4.69, 9.17) is 24.1 Å². The van der Waals surface area contributed by atoms with Crippen molar-refractivity contribution in [2.45, 2.75) is 25.7 Å². The molecule has 2 aromatic carbocycles. The minimum absolute atomic E-state index is 0.182. The van der Waals surface area contributed by atoms with Crippen LogP contribution in [0.4, 0.5) is 0 Å². The quantitative estimate of drug-likeness (QED) is 0.797. The van der Waals surface area contributed by atoms with Crippen molar-refractivity contribution in [3.63, 3.8) is 0 Å². The molecule has 5 nitrogen and oxygen atoms in total. The normalized spacial score (nSPS) is 12.3. The number of benzene rings is 2. The topological polar surface area (TPSA) is 57.2 Å². The zero-order chi connectivity index (χ0) is 17.6. The van der Waals surface area contributed by atoms with Crippen LogP contribution in [-0.2, 0) is 19.3 Å². The van der Waals surface area contributed by atoms with Crippen molar-refractivity contribution in [2.24, 2.45) is 0 Å². The summed E-state index contributed by atoms with van der Waals surface area (Å²) in [5, 5.41) is 9.15. The zero-order valence-corrected chi connectivity index (χ0v) is 14.7. The molecule has 3 rings (SSSR count). The van der Waals surface area contributed by atoms with Crippen LogP contribution in [0.25, 0.3) is 0 Å². The molecule has 1 aliphatic rings. The lowest BCUT2D eigenvalue weighted by Gasteiger charge is -2.12. The second-order valence-corrected chi connectivity index (χ2v) is 6.02. The van der Waals surface area contributed by atoms with E-state index in [2.05, 4.69) is 6.07 Å². The number of methoxy groups -OCH3 is 2. The molecular formula is C20H24O5. The van der Waals surface area contributed by atoms with E-state index in [9.17, 15) is 0 Å². The molecular weight excluding hydrogens is 320 g/mol. The van der Waals surface area contributed by atoms with Crippen molar-refractivity contribution in [3.05, 3.63) is 47.0 Å². The summed E-state index contributed by atoms with van der Waals surface area (Å²) in [5.74, 6) is 3.17. The lowest BCUT2D eigenvalue weighted by molar-refractivity contribution is 0.174. The van der Waals surface area contributed by atoms with Crippen molar-refractivity contribution < 1.29 is 24.1 Å². The van der Waals surface area contributed by atoms with E-state index >= 15 is 0 Å². The summed E-state index contributed by atoms with van der Waals surface area (Å²) in [6.45, 7) is 0.451. The van der Waals surface area contributed by atoms with Gasteiger partial charge in [0.2, 0.25) is 6.79 Å². The van der Waals surface area contributed by atoms with Crippen LogP contribution in [0.1, 0.15) is 23.1 Å². The predicted octanol–water partition coefficient (Wildman–Crippen LogP) is 3.14. The fourth-order valence-corrected chi connectivity index (χ4v) is 3.05. The lowest BCUT2D eigenvalue weighted by Crippen LogP contribution is -2.00. The molecule has 25 heavy (non-hydrogen) atoms. The van der Waals surface area contributed by atoms with Gasteiger partial charge in [0.05, 0.1) is 14.2 Å². The molecule has 5 heteroatoms. The second-order valence-electron chi connectivity index (χ2n) is 6.02. The van der Waals surface area contributed by atoms with Crippen LogP contribution >= 0.6 is 0 Å². The number of fused-ring (bicyclic) bond motifs is 1. The van der Waals surface area contributed by atoms with Gasteiger partial charge < -0.3 is 24.1 Å². The van der Waals surface area contributed by atoms with Crippen molar-refractivity contribution in [2.75, 3.05) is 27.6 Å². The summed E-state index contributed by atoms with van der Waals surface area (Å²) >= 11 is 0. The molecule has 0 bridgehead atoms. The summed E-state index contributed by atoms with van der Waals surface area (Å²) in [4.78, 5) is 0. The Bertz CT molecular complexity index is 704. The maximum absolute atomic E-state index is 9.15. The SMILES string of the molecule is COc1cc(CCc2cc3c(cc2CCCO)OCO3)cc(OC)c1. The third kappa shape index (κ3) is 4.17. The highest BCUT2D eigenvalue weighted by Crippen LogP contribution is 2.36. The van der Waals surface area contributed by atoms with Crippen LogP contribution < -0.4 is 18.9 Å². The molecule has 0 aliphatic carbocycles. The molecule has 0 saturated heterocycles. The Morgan fingerprint density at radius 3 is 2.00 bits per heavy atom. The van der Waals surface area contributed by atoms with Crippen LogP contribution in [0.2, 0.25) is 0 Å². The maximum atomic E-state index is 9.15. The van der Waals surface area contributed by atoms with E-state index < -0.39 is 0 Å². The largest absolute Gasteiger partial charge is 0.497 e. The van der Waals surface area contributed by atoms with Gasteiger partial charge in [0.1, 0.15) is 11.5 Å². The summed E-state index contributed by atoms with van der Waals surface area (Å²) in [6, 6.07) is 10.0. The molecule has 1 heterocycles. The van der Waals surface area contributed by atoms with Gasteiger partial charge in [0.15, 0.2) is 11.5 Å². The maximum Gasteiger partial charge on any atom is 0.231 e. The van der Waals surface area contributed by atoms with Crippen LogP contribution in [-0.4, -0.2) is 32.7 Å². The van der Waals surface area contributed by atoms with Gasteiger partial charge in [0, 0.05) is 12.7 Å². The van der Waals surface area contributed by atoms with Gasteiger partial charge in [-0.3, -0.25) is 0 Å². The van der Waals surface area contributed by atoms with Crippen molar-refractivity contribution >= 4 is 0 Å². The van der Waals surface area contributed by atoms with Gasteiger partial charge in [-0.15, -0.1) is 0 Å². The number of aliphatic hydroxyl groups is 1. The first-order valence-electron chi connectivity index (χ1n) is 8.47. The Kier molecular flexibility index (Phi) is 5.66. The number of rotatable bonds is 8. The predicted molar refractivity (Wildman–Crippen MR) is 94.9 cm³/mol. The van der Waals surface area contributed by atoms with E-state index in [0.717, 1.165) is 54.2 Å². The molecule has 1 N–H and O–H groups in total. The highest BCUT2D eigenvalue weighted by Gasteiger charge is 2.17. The number of aryl methyl sites for hydroxylation is 3. The molecule has 0 fully saturated rings. The van der Waals surface area contributed by atoms with E-state index in [1.165, 1.54) is 11.1 Å². The summed E-state index contributed by atoms with van der Waals surface area (Å²) in [6.07, 6.45) is 3.29. The first-order chi connectivity index (χ1) is 12.2. The van der Waals surface area contributed by atoms with Gasteiger partial charge in [-0.05, 0) is 66.6 Å². The van der Waals surface area contributed by atoms with Gasteiger partial charge in [-0.1, -0.05) is 0 Å². The molecule has 0 atom stereocenters. The minimum atomic E-state index is 0.182. The highest BCUT2D eigenvalue weighted by atomic mass is 16.7.